The number of carbonyl (C=O) groups is 1. The normalized spacial score (nSPS) is 18.3. The molecule has 2 saturated heterocycles. The third-order valence-electron chi connectivity index (χ3n) is 5.80. The van der Waals surface area contributed by atoms with E-state index in [4.69, 9.17) is 5.26 Å². The summed E-state index contributed by atoms with van der Waals surface area (Å²) in [5.41, 5.74) is 0.400. The molecule has 3 heterocycles. The first-order chi connectivity index (χ1) is 14.3. The second kappa shape index (κ2) is 7.93. The number of hydrogen-bond acceptors (Lipinski definition) is 4. The number of nitrogens with zero attached hydrogens (tertiary/aromatic N) is 3. The van der Waals surface area contributed by atoms with Gasteiger partial charge < -0.3 is 10.2 Å². The smallest absolute Gasteiger partial charge is 0.334 e. The van der Waals surface area contributed by atoms with Crippen LogP contribution in [0.5, 0.6) is 0 Å². The monoisotopic (exact) mass is 434 g/mol. The minimum atomic E-state index is -4.58. The third kappa shape index (κ3) is 4.30. The van der Waals surface area contributed by atoms with Gasteiger partial charge >= 0.3 is 12.2 Å². The van der Waals surface area contributed by atoms with Crippen LogP contribution in [0.4, 0.5) is 18.0 Å². The number of halogens is 3. The van der Waals surface area contributed by atoms with Crippen molar-refractivity contribution in [3.8, 4) is 6.07 Å². The molecule has 30 heavy (non-hydrogen) atoms. The summed E-state index contributed by atoms with van der Waals surface area (Å²) < 4.78 is 39.8. The lowest BCUT2D eigenvalue weighted by Crippen LogP contribution is -2.57. The van der Waals surface area contributed by atoms with Gasteiger partial charge in [0.2, 0.25) is 0 Å². The van der Waals surface area contributed by atoms with E-state index in [2.05, 4.69) is 27.0 Å². The Morgan fingerprint density at radius 3 is 2.73 bits per heavy atom. The van der Waals surface area contributed by atoms with Crippen LogP contribution in [-0.4, -0.2) is 42.0 Å². The molecule has 1 aromatic heterocycles. The van der Waals surface area contributed by atoms with Gasteiger partial charge in [-0.3, -0.25) is 4.90 Å². The van der Waals surface area contributed by atoms with E-state index in [0.29, 0.717) is 13.1 Å². The average Bonchev–Trinajstić information content (AvgIpc) is 3.35. The molecule has 5 nitrogen and oxygen atoms in total. The topological polar surface area (TPSA) is 59.4 Å². The van der Waals surface area contributed by atoms with Crippen LogP contribution in [0.25, 0.3) is 0 Å². The predicted octanol–water partition coefficient (Wildman–Crippen LogP) is 4.06. The average molecular weight is 434 g/mol. The minimum Gasteiger partial charge on any atom is -0.334 e. The van der Waals surface area contributed by atoms with Crippen LogP contribution in [0.2, 0.25) is 0 Å². The summed E-state index contributed by atoms with van der Waals surface area (Å²) in [5.74, 6) is 0. The molecule has 0 aliphatic carbocycles. The van der Waals surface area contributed by atoms with E-state index in [0.717, 1.165) is 32.1 Å². The third-order valence-corrected chi connectivity index (χ3v) is 6.54. The summed E-state index contributed by atoms with van der Waals surface area (Å²) in [6.07, 6.45) is -3.67. The van der Waals surface area contributed by atoms with Gasteiger partial charge in [-0.25, -0.2) is 4.79 Å². The van der Waals surface area contributed by atoms with E-state index in [1.165, 1.54) is 17.7 Å². The van der Waals surface area contributed by atoms with Gasteiger partial charge in [-0.15, -0.1) is 0 Å². The zero-order valence-corrected chi connectivity index (χ0v) is 17.0. The minimum absolute atomic E-state index is 0.0469. The first kappa shape index (κ1) is 20.7. The molecule has 0 radical (unpaired) electrons. The molecule has 2 aliphatic heterocycles. The van der Waals surface area contributed by atoms with Gasteiger partial charge in [0.15, 0.2) is 0 Å². The fraction of sp³-hybridized carbons (Fsp3) is 0.429. The molecule has 0 bridgehead atoms. The maximum Gasteiger partial charge on any atom is 0.416 e. The van der Waals surface area contributed by atoms with Crippen LogP contribution in [0.3, 0.4) is 0 Å². The Morgan fingerprint density at radius 1 is 1.27 bits per heavy atom. The Morgan fingerprint density at radius 2 is 2.07 bits per heavy atom. The number of rotatable bonds is 4. The largest absolute Gasteiger partial charge is 0.416 e. The van der Waals surface area contributed by atoms with Crippen molar-refractivity contribution >= 4 is 17.4 Å². The molecular formula is C21H21F3N4OS. The zero-order chi connectivity index (χ0) is 21.4. The summed E-state index contributed by atoms with van der Waals surface area (Å²) in [5, 5.41) is 15.7. The van der Waals surface area contributed by atoms with Gasteiger partial charge in [-0.1, -0.05) is 6.07 Å². The van der Waals surface area contributed by atoms with Crippen molar-refractivity contribution in [1.82, 2.24) is 15.1 Å². The van der Waals surface area contributed by atoms with Gasteiger partial charge in [0.1, 0.15) is 0 Å². The fourth-order valence-electron chi connectivity index (χ4n) is 4.37. The highest BCUT2D eigenvalue weighted by molar-refractivity contribution is 7.07. The van der Waals surface area contributed by atoms with E-state index >= 15 is 0 Å². The molecule has 9 heteroatoms. The quantitative estimate of drug-likeness (QED) is 0.790. The number of benzene rings is 1. The Kier molecular flexibility index (Phi) is 5.47. The summed E-state index contributed by atoms with van der Waals surface area (Å²) in [6.45, 7) is 3.78. The van der Waals surface area contributed by atoms with Crippen LogP contribution in [0, 0.1) is 16.7 Å². The highest BCUT2D eigenvalue weighted by Crippen LogP contribution is 2.40. The van der Waals surface area contributed by atoms with Gasteiger partial charge in [0.25, 0.3) is 0 Å². The van der Waals surface area contributed by atoms with Gasteiger partial charge in [0.05, 0.1) is 17.2 Å². The van der Waals surface area contributed by atoms with E-state index in [-0.39, 0.29) is 29.1 Å². The lowest BCUT2D eigenvalue weighted by Gasteiger charge is -2.48. The summed E-state index contributed by atoms with van der Waals surface area (Å²) >= 11 is 1.68. The maximum absolute atomic E-state index is 13.3. The number of nitrogens with one attached hydrogen (secondary N) is 1. The highest BCUT2D eigenvalue weighted by Gasteiger charge is 2.48. The number of amides is 2. The Bertz CT molecular complexity index is 962. The molecule has 1 spiro atoms. The van der Waals surface area contributed by atoms with Crippen LogP contribution < -0.4 is 5.32 Å². The van der Waals surface area contributed by atoms with Crippen LogP contribution >= 0.6 is 11.3 Å². The number of thiophene rings is 1. The molecule has 0 saturated carbocycles. The van der Waals surface area contributed by atoms with E-state index < -0.39 is 11.7 Å². The second-order valence-electron chi connectivity index (χ2n) is 8.09. The number of hydrogen-bond donors (Lipinski definition) is 1. The molecule has 1 N–H and O–H groups in total. The number of nitriles is 1. The highest BCUT2D eigenvalue weighted by atomic mass is 32.1. The van der Waals surface area contributed by atoms with Crippen molar-refractivity contribution < 1.29 is 18.0 Å². The van der Waals surface area contributed by atoms with Crippen molar-refractivity contribution in [3.63, 3.8) is 0 Å². The number of alkyl halides is 3. The molecule has 0 atom stereocenters. The Hall–Kier alpha value is -2.57. The summed E-state index contributed by atoms with van der Waals surface area (Å²) in [7, 11) is 0. The van der Waals surface area contributed by atoms with Crippen molar-refractivity contribution in [3.05, 3.63) is 57.3 Å². The van der Waals surface area contributed by atoms with E-state index in [9.17, 15) is 18.0 Å². The lowest BCUT2D eigenvalue weighted by atomic mass is 9.79. The maximum atomic E-state index is 13.3. The van der Waals surface area contributed by atoms with Crippen molar-refractivity contribution in [2.75, 3.05) is 26.2 Å². The number of likely N-dealkylation sites (tertiary alicyclic amines) is 2. The zero-order valence-electron chi connectivity index (χ0n) is 16.2. The van der Waals surface area contributed by atoms with E-state index in [1.807, 2.05) is 0 Å². The van der Waals surface area contributed by atoms with Crippen molar-refractivity contribution in [1.29, 1.82) is 5.26 Å². The molecule has 1 aromatic carbocycles. The number of carbonyl (C=O) groups excluding carboxylic acids is 1. The lowest BCUT2D eigenvalue weighted by molar-refractivity contribution is -0.138. The first-order valence-corrected chi connectivity index (χ1v) is 10.6. The molecule has 4 rings (SSSR count). The molecule has 2 fully saturated rings. The first-order valence-electron chi connectivity index (χ1n) is 9.64. The van der Waals surface area contributed by atoms with Gasteiger partial charge in [-0.05, 0) is 46.5 Å². The number of urea groups is 1. The van der Waals surface area contributed by atoms with Gasteiger partial charge in [-0.2, -0.15) is 29.8 Å². The van der Waals surface area contributed by atoms with Crippen molar-refractivity contribution in [2.45, 2.75) is 25.7 Å². The molecular weight excluding hydrogens is 413 g/mol. The standard InChI is InChI=1S/C21H21F3N4OS/c22-21(23,24)18-7-15(8-25)1-2-17(18)9-26-19(29)28-5-4-20(14-28)12-27(13-20)10-16-3-6-30-11-16/h1-3,6-7,11H,4-5,9-10,12-14H2,(H,26,29). The Labute approximate surface area is 176 Å². The van der Waals surface area contributed by atoms with Crippen LogP contribution in [-0.2, 0) is 19.3 Å². The van der Waals surface area contributed by atoms with E-state index in [1.54, 1.807) is 22.3 Å². The Balaban J connectivity index is 1.31. The molecule has 2 amide bonds. The predicted molar refractivity (Wildman–Crippen MR) is 107 cm³/mol. The molecule has 2 aromatic rings. The molecule has 0 unspecified atom stereocenters. The van der Waals surface area contributed by atoms with Crippen LogP contribution in [0.1, 0.15) is 28.7 Å². The molecule has 2 aliphatic rings. The SMILES string of the molecule is N#Cc1ccc(CNC(=O)N2CCC3(CN(Cc4ccsc4)C3)C2)c(C(F)(F)F)c1. The summed E-state index contributed by atoms with van der Waals surface area (Å²) in [4.78, 5) is 16.6. The van der Waals surface area contributed by atoms with Gasteiger partial charge in [0, 0.05) is 44.7 Å². The summed E-state index contributed by atoms with van der Waals surface area (Å²) in [6, 6.07) is 6.89. The van der Waals surface area contributed by atoms with Crippen molar-refractivity contribution in [2.24, 2.45) is 5.41 Å². The fourth-order valence-corrected chi connectivity index (χ4v) is 5.03. The molecule has 158 valence electrons. The second-order valence-corrected chi connectivity index (χ2v) is 8.87. The van der Waals surface area contributed by atoms with Crippen LogP contribution in [0.15, 0.2) is 35.0 Å².